The fourth-order valence-electron chi connectivity index (χ4n) is 1.99. The number of carbonyl (C=O) groups is 1. The molecule has 4 nitrogen and oxygen atoms in total. The first-order chi connectivity index (χ1) is 9.75. The molecule has 0 heterocycles. The van der Waals surface area contributed by atoms with Crippen molar-refractivity contribution in [2.75, 3.05) is 11.9 Å². The Hall–Kier alpha value is -2.17. The van der Waals surface area contributed by atoms with Crippen LogP contribution in [0.4, 0.5) is 10.1 Å². The minimum absolute atomic E-state index is 0.0111. The summed E-state index contributed by atoms with van der Waals surface area (Å²) < 4.78 is 13.3. The number of carbonyl (C=O) groups excluding carboxylic acids is 1. The lowest BCUT2D eigenvalue weighted by Gasteiger charge is -2.11. The highest BCUT2D eigenvalue weighted by atomic mass is 19.1. The quantitative estimate of drug-likeness (QED) is 0.493. The van der Waals surface area contributed by atoms with Gasteiger partial charge in [-0.2, -0.15) is 5.10 Å². The molecule has 0 saturated carbocycles. The van der Waals surface area contributed by atoms with Crippen LogP contribution < -0.4 is 10.7 Å². The lowest BCUT2D eigenvalue weighted by molar-refractivity contribution is -0.119. The molecule has 2 rings (SSSR count). The molecule has 1 amide bonds. The Bertz CT molecular complexity index is 514. The standard InChI is InChI=1S/C15H18FN3O/c16-13-8-4-5-9-14(13)17-11-15(20)19-18-10-12-6-2-1-3-7-12/h1-2,4-5,8-10,12,17H,3,6-7,11H2,(H,19,20)/b18-10-/t12-/m0/s1. The Kier molecular flexibility index (Phi) is 5.29. The third kappa shape index (κ3) is 4.50. The normalized spacial score (nSPS) is 18.1. The van der Waals surface area contributed by atoms with Crippen molar-refractivity contribution in [1.29, 1.82) is 0 Å². The maximum absolute atomic E-state index is 13.3. The largest absolute Gasteiger partial charge is 0.374 e. The van der Waals surface area contributed by atoms with Crippen LogP contribution >= 0.6 is 0 Å². The lowest BCUT2D eigenvalue weighted by atomic mass is 9.96. The van der Waals surface area contributed by atoms with Crippen LogP contribution in [0.1, 0.15) is 19.3 Å². The van der Waals surface area contributed by atoms with Gasteiger partial charge in [0.1, 0.15) is 5.82 Å². The summed E-state index contributed by atoms with van der Waals surface area (Å²) in [6.45, 7) is -0.0111. The molecule has 0 spiro atoms. The van der Waals surface area contributed by atoms with E-state index in [9.17, 15) is 9.18 Å². The zero-order valence-corrected chi connectivity index (χ0v) is 11.2. The van der Waals surface area contributed by atoms with Gasteiger partial charge in [-0.3, -0.25) is 4.79 Å². The number of para-hydroxylation sites is 1. The molecule has 106 valence electrons. The van der Waals surface area contributed by atoms with Gasteiger partial charge in [0.25, 0.3) is 5.91 Å². The van der Waals surface area contributed by atoms with Crippen LogP contribution in [0.25, 0.3) is 0 Å². The Morgan fingerprint density at radius 3 is 3.00 bits per heavy atom. The predicted molar refractivity (Wildman–Crippen MR) is 78.0 cm³/mol. The van der Waals surface area contributed by atoms with Crippen LogP contribution in [0.15, 0.2) is 41.5 Å². The molecule has 0 fully saturated rings. The molecule has 5 heteroatoms. The maximum Gasteiger partial charge on any atom is 0.259 e. The summed E-state index contributed by atoms with van der Waals surface area (Å²) >= 11 is 0. The molecule has 0 aliphatic heterocycles. The molecule has 0 bridgehead atoms. The van der Waals surface area contributed by atoms with Gasteiger partial charge < -0.3 is 5.32 Å². The molecule has 0 radical (unpaired) electrons. The second kappa shape index (κ2) is 7.43. The first-order valence-corrected chi connectivity index (χ1v) is 6.71. The number of amides is 1. The van der Waals surface area contributed by atoms with E-state index in [1.807, 2.05) is 0 Å². The van der Waals surface area contributed by atoms with Gasteiger partial charge in [0.2, 0.25) is 0 Å². The van der Waals surface area contributed by atoms with E-state index < -0.39 is 0 Å². The van der Waals surface area contributed by atoms with Gasteiger partial charge in [0.05, 0.1) is 12.2 Å². The van der Waals surface area contributed by atoms with Crippen LogP contribution in [0.3, 0.4) is 0 Å². The minimum Gasteiger partial charge on any atom is -0.374 e. The number of hydrogen-bond donors (Lipinski definition) is 2. The molecule has 2 N–H and O–H groups in total. The summed E-state index contributed by atoms with van der Waals surface area (Å²) in [4.78, 5) is 11.5. The van der Waals surface area contributed by atoms with Crippen LogP contribution in [0.5, 0.6) is 0 Å². The van der Waals surface area contributed by atoms with Crippen molar-refractivity contribution in [3.8, 4) is 0 Å². The Balaban J connectivity index is 1.71. The summed E-state index contributed by atoms with van der Waals surface area (Å²) in [5.74, 6) is -0.284. The highest BCUT2D eigenvalue weighted by Gasteiger charge is 2.07. The molecular formula is C15H18FN3O. The van der Waals surface area contributed by atoms with Gasteiger partial charge in [0.15, 0.2) is 0 Å². The van der Waals surface area contributed by atoms with Gasteiger partial charge in [-0.15, -0.1) is 0 Å². The molecule has 0 aromatic heterocycles. The van der Waals surface area contributed by atoms with E-state index in [1.165, 1.54) is 6.07 Å². The Morgan fingerprint density at radius 1 is 1.40 bits per heavy atom. The molecule has 0 unspecified atom stereocenters. The number of rotatable bonds is 5. The number of anilines is 1. The Labute approximate surface area is 117 Å². The lowest BCUT2D eigenvalue weighted by Crippen LogP contribution is -2.26. The van der Waals surface area contributed by atoms with E-state index in [-0.39, 0.29) is 18.3 Å². The molecule has 0 saturated heterocycles. The van der Waals surface area contributed by atoms with Crippen molar-refractivity contribution in [3.63, 3.8) is 0 Å². The van der Waals surface area contributed by atoms with Crippen molar-refractivity contribution in [2.45, 2.75) is 19.3 Å². The summed E-state index contributed by atoms with van der Waals surface area (Å²) in [6.07, 6.45) is 9.13. The Morgan fingerprint density at radius 2 is 2.25 bits per heavy atom. The minimum atomic E-state index is -0.377. The van der Waals surface area contributed by atoms with Crippen molar-refractivity contribution < 1.29 is 9.18 Å². The first kappa shape index (κ1) is 14.2. The van der Waals surface area contributed by atoms with E-state index in [2.05, 4.69) is 28.0 Å². The second-order valence-electron chi connectivity index (χ2n) is 4.69. The summed E-state index contributed by atoms with van der Waals surface area (Å²) in [7, 11) is 0. The average Bonchev–Trinajstić information content (AvgIpc) is 2.47. The number of nitrogens with one attached hydrogen (secondary N) is 2. The zero-order valence-electron chi connectivity index (χ0n) is 11.2. The van der Waals surface area contributed by atoms with Crippen LogP contribution in [-0.4, -0.2) is 18.7 Å². The SMILES string of the molecule is O=C(CNc1ccccc1F)N/N=C\[C@H]1CC=CCC1. The smallest absolute Gasteiger partial charge is 0.259 e. The summed E-state index contributed by atoms with van der Waals surface area (Å²) in [5, 5.41) is 6.67. The highest BCUT2D eigenvalue weighted by Crippen LogP contribution is 2.15. The maximum atomic E-state index is 13.3. The molecular weight excluding hydrogens is 257 g/mol. The first-order valence-electron chi connectivity index (χ1n) is 6.71. The van der Waals surface area contributed by atoms with E-state index in [1.54, 1.807) is 24.4 Å². The van der Waals surface area contributed by atoms with Gasteiger partial charge in [-0.1, -0.05) is 24.3 Å². The van der Waals surface area contributed by atoms with Crippen molar-refractivity contribution >= 4 is 17.8 Å². The molecule has 1 aliphatic carbocycles. The molecule has 1 atom stereocenters. The van der Waals surface area contributed by atoms with Crippen molar-refractivity contribution in [3.05, 3.63) is 42.2 Å². The number of halogens is 1. The summed E-state index contributed by atoms with van der Waals surface area (Å²) in [5.41, 5.74) is 2.75. The van der Waals surface area contributed by atoms with Crippen molar-refractivity contribution in [1.82, 2.24) is 5.43 Å². The number of benzene rings is 1. The van der Waals surface area contributed by atoms with E-state index in [4.69, 9.17) is 0 Å². The summed E-state index contributed by atoms with van der Waals surface area (Å²) in [6, 6.07) is 6.23. The van der Waals surface area contributed by atoms with E-state index >= 15 is 0 Å². The fourth-order valence-corrected chi connectivity index (χ4v) is 1.99. The number of hydrazone groups is 1. The highest BCUT2D eigenvalue weighted by molar-refractivity contribution is 5.81. The third-order valence-electron chi connectivity index (χ3n) is 3.10. The van der Waals surface area contributed by atoms with Gasteiger partial charge >= 0.3 is 0 Å². The monoisotopic (exact) mass is 275 g/mol. The average molecular weight is 275 g/mol. The van der Waals surface area contributed by atoms with E-state index in [0.717, 1.165) is 19.3 Å². The van der Waals surface area contributed by atoms with Crippen LogP contribution in [-0.2, 0) is 4.79 Å². The number of allylic oxidation sites excluding steroid dienone is 2. The second-order valence-corrected chi connectivity index (χ2v) is 4.69. The van der Waals surface area contributed by atoms with E-state index in [0.29, 0.717) is 11.6 Å². The third-order valence-corrected chi connectivity index (χ3v) is 3.10. The molecule has 1 aliphatic rings. The van der Waals surface area contributed by atoms with Gasteiger partial charge in [-0.05, 0) is 37.3 Å². The van der Waals surface area contributed by atoms with Crippen LogP contribution in [0, 0.1) is 11.7 Å². The van der Waals surface area contributed by atoms with Gasteiger partial charge in [-0.25, -0.2) is 9.82 Å². The van der Waals surface area contributed by atoms with Crippen molar-refractivity contribution in [2.24, 2.45) is 11.0 Å². The zero-order chi connectivity index (χ0) is 14.2. The number of nitrogens with zero attached hydrogens (tertiary/aromatic N) is 1. The molecule has 1 aromatic rings. The van der Waals surface area contributed by atoms with Gasteiger partial charge in [0, 0.05) is 6.21 Å². The fraction of sp³-hybridized carbons (Fsp3) is 0.333. The number of hydrogen-bond acceptors (Lipinski definition) is 3. The molecule has 20 heavy (non-hydrogen) atoms. The molecule has 1 aromatic carbocycles. The topological polar surface area (TPSA) is 53.5 Å². The van der Waals surface area contributed by atoms with Crippen LogP contribution in [0.2, 0.25) is 0 Å². The predicted octanol–water partition coefficient (Wildman–Crippen LogP) is 2.70.